The molecule has 2 unspecified atom stereocenters. The molecule has 0 aromatic carbocycles. The van der Waals surface area contributed by atoms with Gasteiger partial charge in [0.15, 0.2) is 0 Å². The summed E-state index contributed by atoms with van der Waals surface area (Å²) in [6, 6.07) is 0. The Labute approximate surface area is 131 Å². The Balaban J connectivity index is 1.95. The van der Waals surface area contributed by atoms with Crippen LogP contribution in [0.4, 0.5) is 0 Å². The topological polar surface area (TPSA) is 20.2 Å². The monoisotopic (exact) mass is 290 g/mol. The molecular formula is C20H34O. The van der Waals surface area contributed by atoms with Crippen molar-refractivity contribution in [3.8, 4) is 0 Å². The lowest BCUT2D eigenvalue weighted by Crippen LogP contribution is -2.51. The molecule has 0 heterocycles. The number of hydrogen-bond donors (Lipinski definition) is 1. The standard InChI is InChI=1S/C20H34O/c1-5-18(2)12-9-16-15(13-18)7-8-17-19(3,14-21)10-6-11-20(16,17)4/h9,15,17,21H,5-8,10-14H2,1-4H3/t15?,17?,18-,19-,20-/m0/s1. The molecule has 3 aliphatic rings. The molecule has 0 saturated heterocycles. The van der Waals surface area contributed by atoms with Crippen LogP contribution in [0.15, 0.2) is 11.6 Å². The Hall–Kier alpha value is -0.300. The molecule has 2 saturated carbocycles. The van der Waals surface area contributed by atoms with Crippen LogP contribution in [0.1, 0.15) is 79.1 Å². The van der Waals surface area contributed by atoms with Crippen molar-refractivity contribution in [2.75, 3.05) is 6.61 Å². The maximum atomic E-state index is 10.0. The molecule has 0 spiro atoms. The van der Waals surface area contributed by atoms with Crippen molar-refractivity contribution in [3.05, 3.63) is 11.6 Å². The molecule has 1 nitrogen and oxygen atoms in total. The predicted molar refractivity (Wildman–Crippen MR) is 89.1 cm³/mol. The second-order valence-electron chi connectivity index (χ2n) is 9.14. The number of aliphatic hydroxyl groups is 1. The first-order valence-corrected chi connectivity index (χ1v) is 9.18. The summed E-state index contributed by atoms with van der Waals surface area (Å²) in [6.07, 6.45) is 13.1. The SMILES string of the molecule is CC[C@@]1(C)CC=C2C(CCC3[C@](C)(CO)CCC[C@@]23C)C1. The summed E-state index contributed by atoms with van der Waals surface area (Å²) < 4.78 is 0. The quantitative estimate of drug-likeness (QED) is 0.681. The summed E-state index contributed by atoms with van der Waals surface area (Å²) >= 11 is 0. The van der Waals surface area contributed by atoms with Gasteiger partial charge >= 0.3 is 0 Å². The highest BCUT2D eigenvalue weighted by Gasteiger charge is 2.54. The van der Waals surface area contributed by atoms with E-state index in [-0.39, 0.29) is 5.41 Å². The zero-order chi connectivity index (χ0) is 15.3. The molecule has 0 radical (unpaired) electrons. The minimum absolute atomic E-state index is 0.157. The fourth-order valence-electron chi connectivity index (χ4n) is 6.10. The molecule has 5 atom stereocenters. The minimum Gasteiger partial charge on any atom is -0.396 e. The van der Waals surface area contributed by atoms with Gasteiger partial charge in [-0.1, -0.05) is 52.2 Å². The average Bonchev–Trinajstić information content (AvgIpc) is 2.46. The number of hydrogen-bond acceptors (Lipinski definition) is 1. The Bertz CT molecular complexity index is 439. The number of fused-ring (bicyclic) bond motifs is 3. The van der Waals surface area contributed by atoms with E-state index in [0.29, 0.717) is 23.4 Å². The van der Waals surface area contributed by atoms with Gasteiger partial charge in [0.05, 0.1) is 0 Å². The largest absolute Gasteiger partial charge is 0.396 e. The van der Waals surface area contributed by atoms with Crippen molar-refractivity contribution in [3.63, 3.8) is 0 Å². The van der Waals surface area contributed by atoms with Crippen LogP contribution in [0.5, 0.6) is 0 Å². The van der Waals surface area contributed by atoms with E-state index in [1.54, 1.807) is 5.57 Å². The van der Waals surface area contributed by atoms with Crippen molar-refractivity contribution in [2.45, 2.75) is 79.1 Å². The molecule has 0 bridgehead atoms. The summed E-state index contributed by atoms with van der Waals surface area (Å²) in [5, 5.41) is 10.0. The Morgan fingerprint density at radius 1 is 1.19 bits per heavy atom. The minimum atomic E-state index is 0.157. The van der Waals surface area contributed by atoms with Crippen LogP contribution in [-0.2, 0) is 0 Å². The van der Waals surface area contributed by atoms with Crippen LogP contribution in [0.3, 0.4) is 0 Å². The molecule has 21 heavy (non-hydrogen) atoms. The Morgan fingerprint density at radius 2 is 1.95 bits per heavy atom. The molecule has 3 aliphatic carbocycles. The first-order chi connectivity index (χ1) is 9.87. The summed E-state index contributed by atoms with van der Waals surface area (Å²) in [7, 11) is 0. The van der Waals surface area contributed by atoms with Crippen molar-refractivity contribution < 1.29 is 5.11 Å². The summed E-state index contributed by atoms with van der Waals surface area (Å²) in [5.41, 5.74) is 2.84. The van der Waals surface area contributed by atoms with E-state index in [1.807, 2.05) is 0 Å². The lowest BCUT2D eigenvalue weighted by molar-refractivity contribution is -0.0571. The Morgan fingerprint density at radius 3 is 2.62 bits per heavy atom. The average molecular weight is 290 g/mol. The van der Waals surface area contributed by atoms with Gasteiger partial charge < -0.3 is 5.11 Å². The molecule has 3 rings (SSSR count). The summed E-state index contributed by atoms with van der Waals surface area (Å²) in [4.78, 5) is 0. The maximum Gasteiger partial charge on any atom is 0.0487 e. The number of rotatable bonds is 2. The number of aliphatic hydroxyl groups excluding tert-OH is 1. The third-order valence-corrected chi connectivity index (χ3v) is 7.73. The van der Waals surface area contributed by atoms with E-state index in [1.165, 1.54) is 51.4 Å². The summed E-state index contributed by atoms with van der Waals surface area (Å²) in [6.45, 7) is 10.1. The molecule has 1 heteroatoms. The van der Waals surface area contributed by atoms with E-state index in [2.05, 4.69) is 33.8 Å². The van der Waals surface area contributed by atoms with Crippen LogP contribution in [-0.4, -0.2) is 11.7 Å². The molecular weight excluding hydrogens is 256 g/mol. The fraction of sp³-hybridized carbons (Fsp3) is 0.900. The van der Waals surface area contributed by atoms with Gasteiger partial charge in [-0.2, -0.15) is 0 Å². The zero-order valence-corrected chi connectivity index (χ0v) is 14.5. The molecule has 0 amide bonds. The van der Waals surface area contributed by atoms with Crippen molar-refractivity contribution in [1.29, 1.82) is 0 Å². The highest BCUT2D eigenvalue weighted by atomic mass is 16.3. The van der Waals surface area contributed by atoms with Crippen LogP contribution >= 0.6 is 0 Å². The van der Waals surface area contributed by atoms with Gasteiger partial charge in [-0.25, -0.2) is 0 Å². The summed E-state index contributed by atoms with van der Waals surface area (Å²) in [5.74, 6) is 1.52. The van der Waals surface area contributed by atoms with Gasteiger partial charge in [0, 0.05) is 6.61 Å². The van der Waals surface area contributed by atoms with E-state index < -0.39 is 0 Å². The van der Waals surface area contributed by atoms with E-state index in [9.17, 15) is 5.11 Å². The molecule has 0 aromatic rings. The van der Waals surface area contributed by atoms with Crippen LogP contribution in [0, 0.1) is 28.1 Å². The second kappa shape index (κ2) is 5.11. The van der Waals surface area contributed by atoms with E-state index >= 15 is 0 Å². The lowest BCUT2D eigenvalue weighted by atomic mass is 9.46. The first kappa shape index (κ1) is 15.6. The molecule has 0 aliphatic heterocycles. The van der Waals surface area contributed by atoms with Gasteiger partial charge in [0.25, 0.3) is 0 Å². The smallest absolute Gasteiger partial charge is 0.0487 e. The van der Waals surface area contributed by atoms with Gasteiger partial charge in [0.1, 0.15) is 0 Å². The van der Waals surface area contributed by atoms with Crippen molar-refractivity contribution in [1.82, 2.24) is 0 Å². The van der Waals surface area contributed by atoms with Gasteiger partial charge in [-0.05, 0) is 66.6 Å². The molecule has 0 aromatic heterocycles. The maximum absolute atomic E-state index is 10.0. The Kier molecular flexibility index (Phi) is 3.80. The van der Waals surface area contributed by atoms with Crippen LogP contribution < -0.4 is 0 Å². The van der Waals surface area contributed by atoms with E-state index in [0.717, 1.165) is 5.92 Å². The van der Waals surface area contributed by atoms with Gasteiger partial charge in [0.2, 0.25) is 0 Å². The fourth-order valence-corrected chi connectivity index (χ4v) is 6.10. The third kappa shape index (κ3) is 2.31. The zero-order valence-electron chi connectivity index (χ0n) is 14.5. The van der Waals surface area contributed by atoms with Crippen molar-refractivity contribution in [2.24, 2.45) is 28.1 Å². The molecule has 2 fully saturated rings. The van der Waals surface area contributed by atoms with Gasteiger partial charge in [-0.15, -0.1) is 0 Å². The number of allylic oxidation sites excluding steroid dienone is 2. The predicted octanol–water partition coefficient (Wildman–Crippen LogP) is 5.34. The third-order valence-electron chi connectivity index (χ3n) is 7.73. The van der Waals surface area contributed by atoms with Gasteiger partial charge in [-0.3, -0.25) is 0 Å². The van der Waals surface area contributed by atoms with E-state index in [4.69, 9.17) is 0 Å². The molecule has 1 N–H and O–H groups in total. The highest BCUT2D eigenvalue weighted by Crippen LogP contribution is 2.63. The lowest BCUT2D eigenvalue weighted by Gasteiger charge is -2.59. The normalized spacial score (nSPS) is 50.0. The highest BCUT2D eigenvalue weighted by molar-refractivity contribution is 5.27. The van der Waals surface area contributed by atoms with Crippen LogP contribution in [0.2, 0.25) is 0 Å². The first-order valence-electron chi connectivity index (χ1n) is 9.18. The van der Waals surface area contributed by atoms with Crippen LogP contribution in [0.25, 0.3) is 0 Å². The van der Waals surface area contributed by atoms with Crippen molar-refractivity contribution >= 4 is 0 Å². The second-order valence-corrected chi connectivity index (χ2v) is 9.14. The molecule has 120 valence electrons.